The largest absolute Gasteiger partial charge is 0.444 e. The number of ether oxygens (including phenoxy) is 1. The summed E-state index contributed by atoms with van der Waals surface area (Å²) in [5, 5.41) is 5.10. The van der Waals surface area contributed by atoms with Gasteiger partial charge in [0.15, 0.2) is 6.73 Å². The molecule has 34 heavy (non-hydrogen) atoms. The summed E-state index contributed by atoms with van der Waals surface area (Å²) in [4.78, 5) is 35.1. The molecule has 2 aromatic heterocycles. The molecule has 1 N–H and O–H groups in total. The van der Waals surface area contributed by atoms with Gasteiger partial charge in [0, 0.05) is 42.2 Å². The van der Waals surface area contributed by atoms with Crippen LogP contribution in [0.5, 0.6) is 0 Å². The summed E-state index contributed by atoms with van der Waals surface area (Å²) in [5.74, 6) is 1.75. The molecule has 2 aliphatic heterocycles. The Morgan fingerprint density at radius 1 is 1.29 bits per heavy atom. The fraction of sp³-hybridized carbons (Fsp3) is 0.583. The molecule has 2 fully saturated rings. The summed E-state index contributed by atoms with van der Waals surface area (Å²) < 4.78 is 7.32. The second-order valence-electron chi connectivity index (χ2n) is 8.93. The highest BCUT2D eigenvalue weighted by molar-refractivity contribution is 8.77. The summed E-state index contributed by atoms with van der Waals surface area (Å²) in [6, 6.07) is 2.23. The number of piperidine rings is 1. The van der Waals surface area contributed by atoms with Gasteiger partial charge in [-0.15, -0.1) is 0 Å². The van der Waals surface area contributed by atoms with Crippen molar-refractivity contribution in [3.8, 4) is 0 Å². The number of hydrogen-bond acceptors (Lipinski definition) is 8. The van der Waals surface area contributed by atoms with Crippen molar-refractivity contribution < 1.29 is 14.3 Å². The highest BCUT2D eigenvalue weighted by Gasteiger charge is 2.28. The van der Waals surface area contributed by atoms with Gasteiger partial charge < -0.3 is 15.0 Å². The predicted octanol–water partition coefficient (Wildman–Crippen LogP) is 4.62. The van der Waals surface area contributed by atoms with Gasteiger partial charge in [0.05, 0.1) is 5.39 Å². The van der Waals surface area contributed by atoms with E-state index in [9.17, 15) is 9.59 Å². The van der Waals surface area contributed by atoms with Gasteiger partial charge in [-0.2, -0.15) is 0 Å². The quantitative estimate of drug-likeness (QED) is 0.217. The van der Waals surface area contributed by atoms with Gasteiger partial charge in [0.1, 0.15) is 17.8 Å². The van der Waals surface area contributed by atoms with Gasteiger partial charge in [0.2, 0.25) is 5.91 Å². The van der Waals surface area contributed by atoms with Crippen LogP contribution < -0.4 is 5.32 Å². The fourth-order valence-corrected chi connectivity index (χ4v) is 7.51. The number of carbonyl (C=O) groups excluding carboxylic acids is 2. The number of rotatable bonds is 10. The lowest BCUT2D eigenvalue weighted by Gasteiger charge is -2.38. The monoisotopic (exact) mass is 503 g/mol. The molecule has 2 unspecified atom stereocenters. The van der Waals surface area contributed by atoms with Gasteiger partial charge in [0.25, 0.3) is 0 Å². The van der Waals surface area contributed by atoms with Crippen molar-refractivity contribution in [2.75, 3.05) is 17.6 Å². The van der Waals surface area contributed by atoms with Crippen LogP contribution in [0.4, 0.5) is 5.82 Å². The van der Waals surface area contributed by atoms with E-state index in [0.717, 1.165) is 42.1 Å². The maximum Gasteiger partial charge on any atom is 0.307 e. The zero-order valence-corrected chi connectivity index (χ0v) is 21.3. The van der Waals surface area contributed by atoms with Crippen molar-refractivity contribution in [3.05, 3.63) is 31.2 Å². The van der Waals surface area contributed by atoms with Crippen molar-refractivity contribution in [2.24, 2.45) is 0 Å². The SMILES string of the molecule is C=CC(=O)N1CC(Nc2ncnc3c2ccn3COC(=O)CCCC[C@@H]2CCSS2)CCC1C. The number of fused-ring (bicyclic) bond motifs is 1. The van der Waals surface area contributed by atoms with Crippen LogP contribution in [0.25, 0.3) is 11.0 Å². The number of aromatic nitrogens is 3. The maximum atomic E-state index is 12.2. The Bertz CT molecular complexity index is 1010. The first-order valence-corrected chi connectivity index (χ1v) is 14.4. The Morgan fingerprint density at radius 2 is 2.18 bits per heavy atom. The lowest BCUT2D eigenvalue weighted by molar-refractivity contribution is -0.147. The second-order valence-corrected chi connectivity index (χ2v) is 11.7. The standard InChI is InChI=1S/C24H33N5O3S2/c1-3-21(30)29-14-18(9-8-17(29)2)27-23-20-10-12-28(24(20)26-15-25-23)16-32-22(31)7-5-4-6-19-11-13-33-34-19/h3,10,12,15,17-19H,1,4-9,11,13-14,16H2,2H3,(H,25,26,27)/t17?,18?,19-/m1/s1. The van der Waals surface area contributed by atoms with Crippen LogP contribution in [0, 0.1) is 0 Å². The van der Waals surface area contributed by atoms with Gasteiger partial charge in [-0.25, -0.2) is 9.97 Å². The highest BCUT2D eigenvalue weighted by Crippen LogP contribution is 2.39. The molecule has 4 heterocycles. The fourth-order valence-electron chi connectivity index (χ4n) is 4.48. The predicted molar refractivity (Wildman–Crippen MR) is 139 cm³/mol. The summed E-state index contributed by atoms with van der Waals surface area (Å²) in [6.07, 6.45) is 11.5. The summed E-state index contributed by atoms with van der Waals surface area (Å²) in [7, 11) is 3.94. The molecule has 3 atom stereocenters. The van der Waals surface area contributed by atoms with E-state index in [2.05, 4.69) is 28.8 Å². The molecule has 0 bridgehead atoms. The Kier molecular flexibility index (Phi) is 8.77. The average Bonchev–Trinajstić information content (AvgIpc) is 3.52. The maximum absolute atomic E-state index is 12.2. The first-order chi connectivity index (χ1) is 16.5. The second kappa shape index (κ2) is 12.0. The van der Waals surface area contributed by atoms with Crippen molar-refractivity contribution in [1.29, 1.82) is 0 Å². The van der Waals surface area contributed by atoms with E-state index in [-0.39, 0.29) is 30.7 Å². The Labute approximate surface area is 208 Å². The average molecular weight is 504 g/mol. The molecule has 2 saturated heterocycles. The molecule has 0 spiro atoms. The third-order valence-electron chi connectivity index (χ3n) is 6.49. The molecule has 184 valence electrons. The van der Waals surface area contributed by atoms with Crippen LogP contribution in [0.1, 0.15) is 51.9 Å². The van der Waals surface area contributed by atoms with E-state index in [1.165, 1.54) is 31.0 Å². The highest BCUT2D eigenvalue weighted by atomic mass is 33.1. The van der Waals surface area contributed by atoms with Crippen LogP contribution in [-0.4, -0.2) is 60.9 Å². The number of amides is 1. The topological polar surface area (TPSA) is 89.3 Å². The van der Waals surface area contributed by atoms with Gasteiger partial charge in [-0.1, -0.05) is 34.6 Å². The number of hydrogen-bond donors (Lipinski definition) is 1. The third-order valence-corrected chi connectivity index (χ3v) is 9.49. The van der Waals surface area contributed by atoms with Crippen molar-refractivity contribution in [3.63, 3.8) is 0 Å². The van der Waals surface area contributed by atoms with Crippen LogP contribution in [-0.2, 0) is 21.1 Å². The van der Waals surface area contributed by atoms with Crippen molar-refractivity contribution in [1.82, 2.24) is 19.4 Å². The molecule has 4 rings (SSSR count). The normalized spacial score (nSPS) is 22.6. The zero-order chi connectivity index (χ0) is 23.9. The van der Waals surface area contributed by atoms with Crippen LogP contribution in [0.3, 0.4) is 0 Å². The third kappa shape index (κ3) is 6.27. The van der Waals surface area contributed by atoms with E-state index in [0.29, 0.717) is 18.6 Å². The lowest BCUT2D eigenvalue weighted by atomic mass is 9.99. The summed E-state index contributed by atoms with van der Waals surface area (Å²) in [5.41, 5.74) is 0.712. The van der Waals surface area contributed by atoms with E-state index < -0.39 is 0 Å². The summed E-state index contributed by atoms with van der Waals surface area (Å²) >= 11 is 0. The molecular weight excluding hydrogens is 470 g/mol. The number of anilines is 1. The van der Waals surface area contributed by atoms with E-state index in [1.807, 2.05) is 43.3 Å². The number of carbonyl (C=O) groups is 2. The number of esters is 1. The molecule has 0 saturated carbocycles. The minimum absolute atomic E-state index is 0.0452. The number of nitrogens with zero attached hydrogens (tertiary/aromatic N) is 4. The smallest absolute Gasteiger partial charge is 0.307 e. The first-order valence-electron chi connectivity index (χ1n) is 12.0. The Morgan fingerprint density at radius 3 is 2.97 bits per heavy atom. The van der Waals surface area contributed by atoms with Crippen LogP contribution in [0.2, 0.25) is 0 Å². The molecule has 0 aliphatic carbocycles. The first kappa shape index (κ1) is 24.9. The number of nitrogens with one attached hydrogen (secondary N) is 1. The van der Waals surface area contributed by atoms with Crippen LogP contribution >= 0.6 is 21.6 Å². The zero-order valence-electron chi connectivity index (χ0n) is 19.6. The molecule has 1 amide bonds. The molecular formula is C24H33N5O3S2. The molecule has 2 aliphatic rings. The number of likely N-dealkylation sites (tertiary alicyclic amines) is 1. The number of unbranched alkanes of at least 4 members (excludes halogenated alkanes) is 1. The van der Waals surface area contributed by atoms with E-state index >= 15 is 0 Å². The molecule has 0 radical (unpaired) electrons. The lowest BCUT2D eigenvalue weighted by Crippen LogP contribution is -2.49. The summed E-state index contributed by atoms with van der Waals surface area (Å²) in [6.45, 7) is 6.42. The van der Waals surface area contributed by atoms with Gasteiger partial charge in [-0.3, -0.25) is 14.2 Å². The molecule has 2 aromatic rings. The minimum Gasteiger partial charge on any atom is -0.444 e. The van der Waals surface area contributed by atoms with Crippen molar-refractivity contribution in [2.45, 2.75) is 75.9 Å². The van der Waals surface area contributed by atoms with Gasteiger partial charge in [-0.05, 0) is 51.2 Å². The molecule has 8 nitrogen and oxygen atoms in total. The van der Waals surface area contributed by atoms with Crippen molar-refractivity contribution >= 4 is 50.3 Å². The minimum atomic E-state index is -0.175. The Hall–Kier alpha value is -2.20. The van der Waals surface area contributed by atoms with Crippen LogP contribution in [0.15, 0.2) is 31.2 Å². The van der Waals surface area contributed by atoms with Gasteiger partial charge >= 0.3 is 5.97 Å². The molecule has 0 aromatic carbocycles. The van der Waals surface area contributed by atoms with E-state index in [1.54, 1.807) is 0 Å². The Balaban J connectivity index is 1.29. The molecule has 10 heteroatoms. The van der Waals surface area contributed by atoms with E-state index in [4.69, 9.17) is 4.74 Å².